The average Bonchev–Trinajstić information content (AvgIpc) is 2.26. The Hall–Kier alpha value is -0.570. The van der Waals surface area contributed by atoms with Crippen molar-refractivity contribution in [2.24, 2.45) is 0 Å². The van der Waals surface area contributed by atoms with E-state index in [9.17, 15) is 0 Å². The number of aromatic nitrogens is 1. The molecule has 0 atom stereocenters. The lowest BCUT2D eigenvalue weighted by atomic mass is 9.90. The van der Waals surface area contributed by atoms with Crippen LogP contribution in [0.15, 0.2) is 22.8 Å². The quantitative estimate of drug-likeness (QED) is 0.811. The van der Waals surface area contributed by atoms with Crippen molar-refractivity contribution in [2.45, 2.75) is 45.6 Å². The molecule has 1 rings (SSSR count). The van der Waals surface area contributed by atoms with Crippen LogP contribution in [0.1, 0.15) is 40.0 Å². The summed E-state index contributed by atoms with van der Waals surface area (Å²) in [5.74, 6) is 0.954. The molecular formula is C12H19BrN2. The number of nitrogens with zero attached hydrogens (tertiary/aromatic N) is 1. The summed E-state index contributed by atoms with van der Waals surface area (Å²) in [6, 6.07) is 5.96. The molecule has 0 aromatic carbocycles. The second-order valence-electron chi connectivity index (χ2n) is 3.81. The van der Waals surface area contributed by atoms with E-state index < -0.39 is 0 Å². The van der Waals surface area contributed by atoms with E-state index in [1.165, 1.54) is 0 Å². The summed E-state index contributed by atoms with van der Waals surface area (Å²) in [4.78, 5) is 4.41. The van der Waals surface area contributed by atoms with Gasteiger partial charge in [0.15, 0.2) is 0 Å². The second kappa shape index (κ2) is 5.50. The maximum atomic E-state index is 4.41. The van der Waals surface area contributed by atoms with Crippen molar-refractivity contribution in [2.75, 3.05) is 5.32 Å². The van der Waals surface area contributed by atoms with Crippen molar-refractivity contribution in [3.8, 4) is 0 Å². The molecule has 0 amide bonds. The number of anilines is 1. The molecule has 0 unspecified atom stereocenters. The van der Waals surface area contributed by atoms with Crippen molar-refractivity contribution < 1.29 is 0 Å². The molecule has 84 valence electrons. The normalized spacial score (nSPS) is 11.5. The van der Waals surface area contributed by atoms with Gasteiger partial charge in [0.1, 0.15) is 10.4 Å². The van der Waals surface area contributed by atoms with Crippen LogP contribution in [0.5, 0.6) is 0 Å². The highest BCUT2D eigenvalue weighted by Gasteiger charge is 2.23. The Labute approximate surface area is 101 Å². The molecule has 2 nitrogen and oxygen atoms in total. The zero-order valence-corrected chi connectivity index (χ0v) is 11.3. The summed E-state index contributed by atoms with van der Waals surface area (Å²) in [6.45, 7) is 6.66. The minimum atomic E-state index is 0.188. The Morgan fingerprint density at radius 2 is 1.80 bits per heavy atom. The molecule has 0 aliphatic heterocycles. The maximum Gasteiger partial charge on any atom is 0.127 e. The zero-order chi connectivity index (χ0) is 11.3. The van der Waals surface area contributed by atoms with Crippen LogP contribution in [0, 0.1) is 0 Å². The summed E-state index contributed by atoms with van der Waals surface area (Å²) in [7, 11) is 0. The second-order valence-corrected chi connectivity index (χ2v) is 4.62. The molecule has 0 saturated carbocycles. The van der Waals surface area contributed by atoms with E-state index in [0.717, 1.165) is 29.7 Å². The zero-order valence-electron chi connectivity index (χ0n) is 9.68. The molecule has 0 bridgehead atoms. The Balaban J connectivity index is 2.82. The van der Waals surface area contributed by atoms with Crippen LogP contribution in [-0.4, -0.2) is 10.5 Å². The average molecular weight is 271 g/mol. The maximum absolute atomic E-state index is 4.41. The standard InChI is InChI=1S/C12H19BrN2/c1-4-12(5-2,6-3)15-11-9-7-8-10(13)14-11/h7-9H,4-6H2,1-3H3,(H,14,15). The summed E-state index contributed by atoms with van der Waals surface area (Å²) >= 11 is 3.38. The van der Waals surface area contributed by atoms with Crippen LogP contribution < -0.4 is 5.32 Å². The molecular weight excluding hydrogens is 252 g/mol. The van der Waals surface area contributed by atoms with Crippen molar-refractivity contribution >= 4 is 21.7 Å². The van der Waals surface area contributed by atoms with Crippen LogP contribution in [0.2, 0.25) is 0 Å². The van der Waals surface area contributed by atoms with Gasteiger partial charge in [0.05, 0.1) is 0 Å². The lowest BCUT2D eigenvalue weighted by Crippen LogP contribution is -2.36. The largest absolute Gasteiger partial charge is 0.365 e. The molecule has 1 heterocycles. The van der Waals surface area contributed by atoms with Gasteiger partial charge in [0, 0.05) is 5.54 Å². The molecule has 0 radical (unpaired) electrons. The molecule has 0 aliphatic carbocycles. The Kier molecular flexibility index (Phi) is 4.58. The summed E-state index contributed by atoms with van der Waals surface area (Å²) in [6.07, 6.45) is 3.36. The lowest BCUT2D eigenvalue weighted by molar-refractivity contribution is 0.419. The molecule has 1 N–H and O–H groups in total. The first-order valence-corrected chi connectivity index (χ1v) is 6.36. The van der Waals surface area contributed by atoms with Gasteiger partial charge in [-0.1, -0.05) is 26.8 Å². The monoisotopic (exact) mass is 270 g/mol. The minimum absolute atomic E-state index is 0.188. The van der Waals surface area contributed by atoms with E-state index >= 15 is 0 Å². The van der Waals surface area contributed by atoms with E-state index in [1.807, 2.05) is 18.2 Å². The van der Waals surface area contributed by atoms with Crippen LogP contribution in [-0.2, 0) is 0 Å². The number of halogens is 1. The van der Waals surface area contributed by atoms with Gasteiger partial charge >= 0.3 is 0 Å². The van der Waals surface area contributed by atoms with E-state index in [4.69, 9.17) is 0 Å². The predicted octanol–water partition coefficient (Wildman–Crippen LogP) is 4.22. The van der Waals surface area contributed by atoms with E-state index in [-0.39, 0.29) is 5.54 Å². The Morgan fingerprint density at radius 1 is 1.20 bits per heavy atom. The fraction of sp³-hybridized carbons (Fsp3) is 0.583. The molecule has 0 aliphatic rings. The van der Waals surface area contributed by atoms with Crippen molar-refractivity contribution in [3.05, 3.63) is 22.8 Å². The number of pyridine rings is 1. The van der Waals surface area contributed by atoms with Crippen LogP contribution in [0.25, 0.3) is 0 Å². The molecule has 0 spiro atoms. The topological polar surface area (TPSA) is 24.9 Å². The van der Waals surface area contributed by atoms with Crippen molar-refractivity contribution in [3.63, 3.8) is 0 Å². The SMILES string of the molecule is CCC(CC)(CC)Nc1cccc(Br)n1. The molecule has 0 fully saturated rings. The summed E-state index contributed by atoms with van der Waals surface area (Å²) < 4.78 is 0.879. The summed E-state index contributed by atoms with van der Waals surface area (Å²) in [5.41, 5.74) is 0.188. The van der Waals surface area contributed by atoms with Gasteiger partial charge in [-0.3, -0.25) is 0 Å². The highest BCUT2D eigenvalue weighted by molar-refractivity contribution is 9.10. The van der Waals surface area contributed by atoms with Gasteiger partial charge in [0.2, 0.25) is 0 Å². The smallest absolute Gasteiger partial charge is 0.127 e. The first-order chi connectivity index (χ1) is 7.15. The molecule has 1 aromatic heterocycles. The molecule has 0 saturated heterocycles. The van der Waals surface area contributed by atoms with Gasteiger partial charge in [0.25, 0.3) is 0 Å². The van der Waals surface area contributed by atoms with Crippen molar-refractivity contribution in [1.82, 2.24) is 4.98 Å². The number of rotatable bonds is 5. The first kappa shape index (κ1) is 12.5. The van der Waals surface area contributed by atoms with E-state index in [1.54, 1.807) is 0 Å². The van der Waals surface area contributed by atoms with Gasteiger partial charge in [-0.05, 0) is 47.3 Å². The molecule has 1 aromatic rings. The third kappa shape index (κ3) is 3.20. The lowest BCUT2D eigenvalue weighted by Gasteiger charge is -2.32. The van der Waals surface area contributed by atoms with Crippen molar-refractivity contribution in [1.29, 1.82) is 0 Å². The van der Waals surface area contributed by atoms with Crippen LogP contribution in [0.4, 0.5) is 5.82 Å². The third-order valence-electron chi connectivity index (χ3n) is 3.14. The first-order valence-electron chi connectivity index (χ1n) is 5.56. The summed E-state index contributed by atoms with van der Waals surface area (Å²) in [5, 5.41) is 3.54. The fourth-order valence-corrected chi connectivity index (χ4v) is 2.11. The Bertz CT molecular complexity index is 300. The van der Waals surface area contributed by atoms with E-state index in [0.29, 0.717) is 0 Å². The van der Waals surface area contributed by atoms with Gasteiger partial charge in [-0.2, -0.15) is 0 Å². The van der Waals surface area contributed by atoms with Crippen LogP contribution >= 0.6 is 15.9 Å². The highest BCUT2D eigenvalue weighted by Crippen LogP contribution is 2.25. The number of hydrogen-bond donors (Lipinski definition) is 1. The molecule has 15 heavy (non-hydrogen) atoms. The fourth-order valence-electron chi connectivity index (χ4n) is 1.76. The number of hydrogen-bond acceptors (Lipinski definition) is 2. The predicted molar refractivity (Wildman–Crippen MR) is 69.2 cm³/mol. The van der Waals surface area contributed by atoms with E-state index in [2.05, 4.69) is 47.0 Å². The minimum Gasteiger partial charge on any atom is -0.365 e. The Morgan fingerprint density at radius 3 is 2.27 bits per heavy atom. The van der Waals surface area contributed by atoms with Gasteiger partial charge in [-0.25, -0.2) is 4.98 Å². The third-order valence-corrected chi connectivity index (χ3v) is 3.58. The van der Waals surface area contributed by atoms with Crippen LogP contribution in [0.3, 0.4) is 0 Å². The number of nitrogens with one attached hydrogen (secondary N) is 1. The molecule has 3 heteroatoms. The highest BCUT2D eigenvalue weighted by atomic mass is 79.9. The van der Waals surface area contributed by atoms with Gasteiger partial charge < -0.3 is 5.32 Å². The van der Waals surface area contributed by atoms with Gasteiger partial charge in [-0.15, -0.1) is 0 Å².